The second-order valence-electron chi connectivity index (χ2n) is 3.98. The summed E-state index contributed by atoms with van der Waals surface area (Å²) in [7, 11) is 0. The summed E-state index contributed by atoms with van der Waals surface area (Å²) >= 11 is 0. The lowest BCUT2D eigenvalue weighted by molar-refractivity contribution is -0.119. The zero-order chi connectivity index (χ0) is 12.3. The van der Waals surface area contributed by atoms with Crippen molar-refractivity contribution in [2.24, 2.45) is 0 Å². The number of rotatable bonds is 2. The van der Waals surface area contributed by atoms with Crippen LogP contribution in [-0.4, -0.2) is 58.3 Å². The fourth-order valence-corrected chi connectivity index (χ4v) is 1.76. The Morgan fingerprint density at radius 2 is 2.00 bits per heavy atom. The minimum atomic E-state index is -0.0963. The van der Waals surface area contributed by atoms with Gasteiger partial charge in [0.2, 0.25) is 6.41 Å². The fourth-order valence-electron chi connectivity index (χ4n) is 1.76. The number of hydrogen-bond acceptors (Lipinski definition) is 4. The summed E-state index contributed by atoms with van der Waals surface area (Å²) in [6.07, 6.45) is 2.21. The molecule has 1 aliphatic heterocycles. The second kappa shape index (κ2) is 4.90. The molecule has 0 N–H and O–H groups in total. The molecule has 6 nitrogen and oxygen atoms in total. The van der Waals surface area contributed by atoms with Crippen molar-refractivity contribution in [3.63, 3.8) is 0 Å². The highest BCUT2D eigenvalue weighted by atomic mass is 16.2. The van der Waals surface area contributed by atoms with Crippen molar-refractivity contribution in [3.05, 3.63) is 23.8 Å². The van der Waals surface area contributed by atoms with E-state index in [-0.39, 0.29) is 5.91 Å². The van der Waals surface area contributed by atoms with Crippen LogP contribution >= 0.6 is 0 Å². The Bertz CT molecular complexity index is 427. The molecule has 0 spiro atoms. The third-order valence-electron chi connectivity index (χ3n) is 2.77. The summed E-state index contributed by atoms with van der Waals surface area (Å²) in [6.45, 7) is 4.10. The van der Waals surface area contributed by atoms with E-state index in [4.69, 9.17) is 0 Å². The minimum absolute atomic E-state index is 0.0963. The van der Waals surface area contributed by atoms with Gasteiger partial charge in [-0.25, -0.2) is 9.97 Å². The van der Waals surface area contributed by atoms with Gasteiger partial charge in [0, 0.05) is 31.9 Å². The first-order valence-corrected chi connectivity index (χ1v) is 5.48. The summed E-state index contributed by atoms with van der Waals surface area (Å²) < 4.78 is 0. The summed E-state index contributed by atoms with van der Waals surface area (Å²) in [5, 5.41) is 0. The third-order valence-corrected chi connectivity index (χ3v) is 2.77. The highest BCUT2D eigenvalue weighted by molar-refractivity contribution is 5.92. The van der Waals surface area contributed by atoms with Crippen molar-refractivity contribution in [3.8, 4) is 0 Å². The number of hydrogen-bond donors (Lipinski definition) is 0. The molecule has 90 valence electrons. The van der Waals surface area contributed by atoms with Gasteiger partial charge in [-0.1, -0.05) is 0 Å². The number of amides is 2. The Balaban J connectivity index is 2.04. The molecular weight excluding hydrogens is 220 g/mol. The smallest absolute Gasteiger partial charge is 0.272 e. The van der Waals surface area contributed by atoms with Crippen LogP contribution < -0.4 is 0 Å². The number of piperazine rings is 1. The van der Waals surface area contributed by atoms with Crippen molar-refractivity contribution in [2.75, 3.05) is 26.2 Å². The molecule has 1 aliphatic rings. The number of aromatic nitrogens is 2. The molecule has 1 aromatic rings. The lowest BCUT2D eigenvalue weighted by Crippen LogP contribution is -2.48. The zero-order valence-corrected chi connectivity index (χ0v) is 9.67. The average Bonchev–Trinajstić information content (AvgIpc) is 2.38. The molecule has 2 heterocycles. The van der Waals surface area contributed by atoms with Crippen molar-refractivity contribution < 1.29 is 9.59 Å². The van der Waals surface area contributed by atoms with Gasteiger partial charge in [0.25, 0.3) is 5.91 Å². The maximum Gasteiger partial charge on any atom is 0.272 e. The number of carbonyl (C=O) groups excluding carboxylic acids is 2. The first-order valence-electron chi connectivity index (χ1n) is 5.48. The molecular formula is C11H14N4O2. The van der Waals surface area contributed by atoms with Gasteiger partial charge in [-0.2, -0.15) is 0 Å². The van der Waals surface area contributed by atoms with Crippen LogP contribution in [0.4, 0.5) is 0 Å². The Hall–Kier alpha value is -1.98. The number of carbonyl (C=O) groups is 2. The summed E-state index contributed by atoms with van der Waals surface area (Å²) in [5.74, 6) is -0.0963. The second-order valence-corrected chi connectivity index (χ2v) is 3.98. The van der Waals surface area contributed by atoms with E-state index in [0.717, 1.165) is 12.1 Å². The largest absolute Gasteiger partial charge is 0.342 e. The number of nitrogens with zero attached hydrogens (tertiary/aromatic N) is 4. The first-order chi connectivity index (χ1) is 8.20. The van der Waals surface area contributed by atoms with E-state index in [1.807, 2.05) is 6.92 Å². The van der Waals surface area contributed by atoms with Crippen LogP contribution in [0.15, 0.2) is 12.4 Å². The van der Waals surface area contributed by atoms with Gasteiger partial charge in [0.15, 0.2) is 0 Å². The summed E-state index contributed by atoms with van der Waals surface area (Å²) in [6, 6.07) is 1.68. The topological polar surface area (TPSA) is 66.4 Å². The molecule has 1 saturated heterocycles. The van der Waals surface area contributed by atoms with E-state index in [0.29, 0.717) is 31.9 Å². The summed E-state index contributed by atoms with van der Waals surface area (Å²) in [4.78, 5) is 33.9. The molecule has 0 unspecified atom stereocenters. The number of aryl methyl sites for hydroxylation is 1. The van der Waals surface area contributed by atoms with E-state index in [9.17, 15) is 9.59 Å². The van der Waals surface area contributed by atoms with Crippen LogP contribution in [0.25, 0.3) is 0 Å². The van der Waals surface area contributed by atoms with Crippen molar-refractivity contribution >= 4 is 12.3 Å². The maximum atomic E-state index is 12.1. The summed E-state index contributed by atoms with van der Waals surface area (Å²) in [5.41, 5.74) is 1.19. The molecule has 0 aliphatic carbocycles. The Kier molecular flexibility index (Phi) is 3.32. The lowest BCUT2D eigenvalue weighted by atomic mass is 10.2. The molecule has 0 radical (unpaired) electrons. The van der Waals surface area contributed by atoms with Gasteiger partial charge in [-0.3, -0.25) is 9.59 Å². The Morgan fingerprint density at radius 3 is 2.59 bits per heavy atom. The fraction of sp³-hybridized carbons (Fsp3) is 0.455. The first kappa shape index (κ1) is 11.5. The van der Waals surface area contributed by atoms with Crippen LogP contribution in [0.1, 0.15) is 16.2 Å². The molecule has 0 bridgehead atoms. The monoisotopic (exact) mass is 234 g/mol. The van der Waals surface area contributed by atoms with Crippen LogP contribution in [0.2, 0.25) is 0 Å². The SMILES string of the molecule is Cc1cc(C(=O)N2CCN(C=O)CC2)ncn1. The molecule has 0 saturated carbocycles. The van der Waals surface area contributed by atoms with Crippen LogP contribution in [-0.2, 0) is 4.79 Å². The molecule has 2 rings (SSSR count). The highest BCUT2D eigenvalue weighted by Crippen LogP contribution is 2.06. The van der Waals surface area contributed by atoms with Gasteiger partial charge in [-0.05, 0) is 13.0 Å². The molecule has 17 heavy (non-hydrogen) atoms. The third kappa shape index (κ3) is 2.58. The maximum absolute atomic E-state index is 12.1. The molecule has 1 aromatic heterocycles. The van der Waals surface area contributed by atoms with Gasteiger partial charge < -0.3 is 9.80 Å². The quantitative estimate of drug-likeness (QED) is 0.659. The normalized spacial score (nSPS) is 15.8. The standard InChI is InChI=1S/C11H14N4O2/c1-9-6-10(13-7-12-9)11(17)15-4-2-14(8-16)3-5-15/h6-8H,2-5H2,1H3. The molecule has 6 heteroatoms. The lowest BCUT2D eigenvalue weighted by Gasteiger charge is -2.32. The van der Waals surface area contributed by atoms with Crippen molar-refractivity contribution in [1.82, 2.24) is 19.8 Å². The van der Waals surface area contributed by atoms with Gasteiger partial charge in [0.05, 0.1) is 0 Å². The van der Waals surface area contributed by atoms with E-state index in [2.05, 4.69) is 9.97 Å². The van der Waals surface area contributed by atoms with Crippen molar-refractivity contribution in [2.45, 2.75) is 6.92 Å². The van der Waals surface area contributed by atoms with E-state index in [1.54, 1.807) is 15.9 Å². The van der Waals surface area contributed by atoms with Gasteiger partial charge >= 0.3 is 0 Å². The van der Waals surface area contributed by atoms with E-state index in [1.165, 1.54) is 6.33 Å². The van der Waals surface area contributed by atoms with Gasteiger partial charge in [0.1, 0.15) is 12.0 Å². The highest BCUT2D eigenvalue weighted by Gasteiger charge is 2.22. The Morgan fingerprint density at radius 1 is 1.29 bits per heavy atom. The van der Waals surface area contributed by atoms with Gasteiger partial charge in [-0.15, -0.1) is 0 Å². The molecule has 1 fully saturated rings. The molecule has 0 aromatic carbocycles. The van der Waals surface area contributed by atoms with Crippen LogP contribution in [0.5, 0.6) is 0 Å². The van der Waals surface area contributed by atoms with Crippen LogP contribution in [0, 0.1) is 6.92 Å². The molecule has 2 amide bonds. The predicted molar refractivity (Wildman–Crippen MR) is 60.3 cm³/mol. The van der Waals surface area contributed by atoms with E-state index < -0.39 is 0 Å². The van der Waals surface area contributed by atoms with Crippen molar-refractivity contribution in [1.29, 1.82) is 0 Å². The van der Waals surface area contributed by atoms with Crippen LogP contribution in [0.3, 0.4) is 0 Å². The zero-order valence-electron chi connectivity index (χ0n) is 9.67. The molecule has 0 atom stereocenters. The average molecular weight is 234 g/mol. The minimum Gasteiger partial charge on any atom is -0.342 e. The predicted octanol–water partition coefficient (Wildman–Crippen LogP) is -0.301. The van der Waals surface area contributed by atoms with E-state index >= 15 is 0 Å². The Labute approximate surface area is 99.3 Å².